The molecule has 1 aliphatic carbocycles. The minimum absolute atomic E-state index is 0.0795. The SMILES string of the molecule is O=C(NCc1cccc(F)c1)NCC1(c2ccc(F)cc2)CC1. The molecule has 0 heterocycles. The molecule has 0 aromatic heterocycles. The fourth-order valence-electron chi connectivity index (χ4n) is 2.66. The van der Waals surface area contributed by atoms with Crippen molar-refractivity contribution in [2.45, 2.75) is 24.8 Å². The Bertz CT molecular complexity index is 696. The van der Waals surface area contributed by atoms with Crippen LogP contribution in [0.1, 0.15) is 24.0 Å². The molecule has 1 saturated carbocycles. The monoisotopic (exact) mass is 316 g/mol. The number of halogens is 2. The first-order valence-corrected chi connectivity index (χ1v) is 7.60. The molecular weight excluding hydrogens is 298 g/mol. The molecule has 1 fully saturated rings. The highest BCUT2D eigenvalue weighted by Gasteiger charge is 2.44. The van der Waals surface area contributed by atoms with Crippen LogP contribution in [0.2, 0.25) is 0 Å². The summed E-state index contributed by atoms with van der Waals surface area (Å²) in [5.41, 5.74) is 1.67. The van der Waals surface area contributed by atoms with Gasteiger partial charge >= 0.3 is 6.03 Å². The Balaban J connectivity index is 1.50. The Morgan fingerprint density at radius 1 is 1.00 bits per heavy atom. The van der Waals surface area contributed by atoms with E-state index in [-0.39, 0.29) is 29.6 Å². The van der Waals surface area contributed by atoms with E-state index in [9.17, 15) is 13.6 Å². The number of amides is 2. The summed E-state index contributed by atoms with van der Waals surface area (Å²) in [6.45, 7) is 0.779. The van der Waals surface area contributed by atoms with Gasteiger partial charge in [0.15, 0.2) is 0 Å². The number of nitrogens with one attached hydrogen (secondary N) is 2. The van der Waals surface area contributed by atoms with Gasteiger partial charge < -0.3 is 10.6 Å². The van der Waals surface area contributed by atoms with Crippen molar-refractivity contribution in [2.24, 2.45) is 0 Å². The van der Waals surface area contributed by atoms with Crippen LogP contribution < -0.4 is 10.6 Å². The van der Waals surface area contributed by atoms with Gasteiger partial charge in [0, 0.05) is 18.5 Å². The van der Waals surface area contributed by atoms with Crippen molar-refractivity contribution in [2.75, 3.05) is 6.54 Å². The van der Waals surface area contributed by atoms with Crippen molar-refractivity contribution in [1.29, 1.82) is 0 Å². The number of carbonyl (C=O) groups excluding carboxylic acids is 1. The maximum Gasteiger partial charge on any atom is 0.315 e. The van der Waals surface area contributed by atoms with E-state index in [1.807, 2.05) is 0 Å². The van der Waals surface area contributed by atoms with Crippen LogP contribution in [-0.2, 0) is 12.0 Å². The third kappa shape index (κ3) is 3.86. The normalized spacial score (nSPS) is 15.0. The average Bonchev–Trinajstić information content (AvgIpc) is 3.33. The Morgan fingerprint density at radius 3 is 2.39 bits per heavy atom. The zero-order valence-corrected chi connectivity index (χ0v) is 12.6. The maximum atomic E-state index is 13.1. The molecule has 3 nitrogen and oxygen atoms in total. The Kier molecular flexibility index (Phi) is 4.28. The van der Waals surface area contributed by atoms with Gasteiger partial charge in [-0.3, -0.25) is 0 Å². The van der Waals surface area contributed by atoms with Crippen LogP contribution in [0.3, 0.4) is 0 Å². The van der Waals surface area contributed by atoms with E-state index in [0.29, 0.717) is 12.1 Å². The van der Waals surface area contributed by atoms with Crippen molar-refractivity contribution in [3.8, 4) is 0 Å². The highest BCUT2D eigenvalue weighted by Crippen LogP contribution is 2.47. The molecule has 0 bridgehead atoms. The molecule has 5 heteroatoms. The van der Waals surface area contributed by atoms with E-state index < -0.39 is 0 Å². The molecule has 3 rings (SSSR count). The van der Waals surface area contributed by atoms with Crippen LogP contribution in [-0.4, -0.2) is 12.6 Å². The maximum absolute atomic E-state index is 13.1. The van der Waals surface area contributed by atoms with Gasteiger partial charge in [-0.05, 0) is 48.2 Å². The first-order valence-electron chi connectivity index (χ1n) is 7.60. The molecule has 0 saturated heterocycles. The molecule has 1 aliphatic rings. The highest BCUT2D eigenvalue weighted by molar-refractivity contribution is 5.74. The minimum atomic E-state index is -0.321. The molecule has 2 aromatic rings. The smallest absolute Gasteiger partial charge is 0.315 e. The molecule has 0 spiro atoms. The molecule has 2 aromatic carbocycles. The quantitative estimate of drug-likeness (QED) is 0.871. The first kappa shape index (κ1) is 15.5. The summed E-state index contributed by atoms with van der Waals surface area (Å²) < 4.78 is 26.1. The number of hydrogen-bond acceptors (Lipinski definition) is 1. The summed E-state index contributed by atoms with van der Waals surface area (Å²) in [7, 11) is 0. The number of urea groups is 1. The Morgan fingerprint density at radius 2 is 1.74 bits per heavy atom. The second-order valence-electron chi connectivity index (χ2n) is 5.95. The fraction of sp³-hybridized carbons (Fsp3) is 0.278. The Hall–Kier alpha value is -2.43. The molecule has 0 atom stereocenters. The van der Waals surface area contributed by atoms with Crippen LogP contribution in [0.4, 0.5) is 13.6 Å². The van der Waals surface area contributed by atoms with Gasteiger partial charge in [-0.1, -0.05) is 24.3 Å². The van der Waals surface area contributed by atoms with Crippen molar-refractivity contribution in [1.82, 2.24) is 10.6 Å². The van der Waals surface area contributed by atoms with Gasteiger partial charge in [0.2, 0.25) is 0 Å². The van der Waals surface area contributed by atoms with Gasteiger partial charge in [0.05, 0.1) is 0 Å². The van der Waals surface area contributed by atoms with Crippen molar-refractivity contribution in [3.63, 3.8) is 0 Å². The predicted molar refractivity (Wildman–Crippen MR) is 84.0 cm³/mol. The first-order chi connectivity index (χ1) is 11.1. The van der Waals surface area contributed by atoms with E-state index in [1.54, 1.807) is 24.3 Å². The van der Waals surface area contributed by atoms with Crippen molar-refractivity contribution in [3.05, 3.63) is 71.3 Å². The summed E-state index contributed by atoms with van der Waals surface area (Å²) in [5.74, 6) is -0.580. The molecular formula is C18H18F2N2O. The second-order valence-corrected chi connectivity index (χ2v) is 5.95. The fourth-order valence-corrected chi connectivity index (χ4v) is 2.66. The molecule has 0 radical (unpaired) electrons. The topological polar surface area (TPSA) is 41.1 Å². The lowest BCUT2D eigenvalue weighted by atomic mass is 9.96. The lowest BCUT2D eigenvalue weighted by molar-refractivity contribution is 0.239. The third-order valence-corrected chi connectivity index (χ3v) is 4.24. The lowest BCUT2D eigenvalue weighted by Crippen LogP contribution is -2.39. The van der Waals surface area contributed by atoms with Crippen LogP contribution >= 0.6 is 0 Å². The van der Waals surface area contributed by atoms with E-state index in [4.69, 9.17) is 0 Å². The number of hydrogen-bond donors (Lipinski definition) is 2. The summed E-state index contributed by atoms with van der Waals surface area (Å²) >= 11 is 0. The van der Waals surface area contributed by atoms with Gasteiger partial charge in [-0.25, -0.2) is 13.6 Å². The van der Waals surface area contributed by atoms with Crippen LogP contribution in [0.15, 0.2) is 48.5 Å². The predicted octanol–water partition coefficient (Wildman–Crippen LogP) is 3.50. The number of benzene rings is 2. The minimum Gasteiger partial charge on any atom is -0.337 e. The third-order valence-electron chi connectivity index (χ3n) is 4.24. The molecule has 2 N–H and O–H groups in total. The second kappa shape index (κ2) is 6.36. The van der Waals surface area contributed by atoms with Crippen molar-refractivity contribution >= 4 is 6.03 Å². The largest absolute Gasteiger partial charge is 0.337 e. The molecule has 0 aliphatic heterocycles. The molecule has 0 unspecified atom stereocenters. The zero-order valence-electron chi connectivity index (χ0n) is 12.6. The van der Waals surface area contributed by atoms with E-state index >= 15 is 0 Å². The van der Waals surface area contributed by atoms with Gasteiger partial charge in [0.1, 0.15) is 11.6 Å². The van der Waals surface area contributed by atoms with E-state index in [1.165, 1.54) is 24.3 Å². The van der Waals surface area contributed by atoms with E-state index in [2.05, 4.69) is 10.6 Å². The zero-order chi connectivity index (χ0) is 16.3. The van der Waals surface area contributed by atoms with Crippen LogP contribution in [0, 0.1) is 11.6 Å². The van der Waals surface area contributed by atoms with Gasteiger partial charge in [-0.2, -0.15) is 0 Å². The Labute approximate surface area is 133 Å². The van der Waals surface area contributed by atoms with Crippen molar-refractivity contribution < 1.29 is 13.6 Å². The molecule has 120 valence electrons. The van der Waals surface area contributed by atoms with Gasteiger partial charge in [-0.15, -0.1) is 0 Å². The highest BCUT2D eigenvalue weighted by atomic mass is 19.1. The lowest BCUT2D eigenvalue weighted by Gasteiger charge is -2.17. The van der Waals surface area contributed by atoms with E-state index in [0.717, 1.165) is 18.4 Å². The summed E-state index contributed by atoms with van der Waals surface area (Å²) in [6, 6.07) is 12.3. The summed E-state index contributed by atoms with van der Waals surface area (Å²) in [4.78, 5) is 11.9. The molecule has 2 amide bonds. The van der Waals surface area contributed by atoms with Crippen LogP contribution in [0.5, 0.6) is 0 Å². The number of carbonyl (C=O) groups is 1. The number of rotatable bonds is 5. The summed E-state index contributed by atoms with van der Waals surface area (Å²) in [6.07, 6.45) is 1.95. The average molecular weight is 316 g/mol. The summed E-state index contributed by atoms with van der Waals surface area (Å²) in [5, 5.41) is 5.56. The van der Waals surface area contributed by atoms with Gasteiger partial charge in [0.25, 0.3) is 0 Å². The standard InChI is InChI=1S/C18H18F2N2O/c19-15-6-4-14(5-7-15)18(8-9-18)12-22-17(23)21-11-13-2-1-3-16(20)10-13/h1-7,10H,8-9,11-12H2,(H2,21,22,23). The molecule has 23 heavy (non-hydrogen) atoms. The van der Waals surface area contributed by atoms with Crippen LogP contribution in [0.25, 0.3) is 0 Å².